The molecule has 2 heterocycles. The van der Waals surface area contributed by atoms with Crippen LogP contribution in [0.3, 0.4) is 0 Å². The Morgan fingerprint density at radius 3 is 3.00 bits per heavy atom. The Morgan fingerprint density at radius 2 is 2.24 bits per heavy atom. The molecule has 1 aromatic carbocycles. The molecule has 0 fully saturated rings. The average Bonchev–Trinajstić information content (AvgIpc) is 2.89. The maximum Gasteiger partial charge on any atom is 0.137 e. The molecular weight excluding hydrogens is 279 g/mol. The fraction of sp³-hybridized carbons (Fsp3) is 0.100. The average molecular weight is 287 g/mol. The van der Waals surface area contributed by atoms with Crippen LogP contribution in [-0.2, 0) is 6.54 Å². The normalized spacial score (nSPS) is 10.4. The molecule has 88 valence electrons. The summed E-state index contributed by atoms with van der Waals surface area (Å²) < 4.78 is 7.26. The molecule has 0 saturated carbocycles. The van der Waals surface area contributed by atoms with Crippen LogP contribution >= 0.6 is 35.5 Å². The van der Waals surface area contributed by atoms with Crippen molar-refractivity contribution < 1.29 is 0 Å². The van der Waals surface area contributed by atoms with E-state index in [0.29, 0.717) is 6.54 Å². The number of hydrogen-bond donors (Lipinski definition) is 0. The molecule has 0 N–H and O–H groups in total. The van der Waals surface area contributed by atoms with Crippen LogP contribution in [0.1, 0.15) is 5.69 Å². The van der Waals surface area contributed by atoms with Gasteiger partial charge < -0.3 is 0 Å². The van der Waals surface area contributed by atoms with E-state index in [-0.39, 0.29) is 12.4 Å². The number of halogens is 2. The Bertz CT molecular complexity index is 620. The summed E-state index contributed by atoms with van der Waals surface area (Å²) in [6, 6.07) is 5.80. The van der Waals surface area contributed by atoms with Gasteiger partial charge >= 0.3 is 0 Å². The van der Waals surface area contributed by atoms with Gasteiger partial charge in [-0.05, 0) is 23.7 Å². The Hall–Kier alpha value is -1.17. The van der Waals surface area contributed by atoms with Gasteiger partial charge in [0.1, 0.15) is 12.7 Å². The second-order valence-corrected chi connectivity index (χ2v) is 4.60. The van der Waals surface area contributed by atoms with Crippen molar-refractivity contribution in [1.82, 2.24) is 19.1 Å². The number of benzene rings is 1. The van der Waals surface area contributed by atoms with Gasteiger partial charge in [0.25, 0.3) is 0 Å². The molecule has 0 unspecified atom stereocenters. The largest absolute Gasteiger partial charge is 0.247 e. The summed E-state index contributed by atoms with van der Waals surface area (Å²) in [5, 5.41) is 5.93. The lowest BCUT2D eigenvalue weighted by Gasteiger charge is -1.97. The van der Waals surface area contributed by atoms with Crippen molar-refractivity contribution in [2.24, 2.45) is 0 Å². The minimum Gasteiger partial charge on any atom is -0.247 e. The molecule has 17 heavy (non-hydrogen) atoms. The Balaban J connectivity index is 0.00000108. The van der Waals surface area contributed by atoms with Gasteiger partial charge in [-0.1, -0.05) is 17.7 Å². The summed E-state index contributed by atoms with van der Waals surface area (Å²) in [6.45, 7) is 0.641. The maximum atomic E-state index is 5.92. The van der Waals surface area contributed by atoms with Gasteiger partial charge in [0.2, 0.25) is 0 Å². The lowest BCUT2D eigenvalue weighted by Crippen LogP contribution is -2.00. The second kappa shape index (κ2) is 5.00. The first kappa shape index (κ1) is 12.3. The summed E-state index contributed by atoms with van der Waals surface area (Å²) in [5.41, 5.74) is 1.00. The van der Waals surface area contributed by atoms with E-state index in [2.05, 4.69) is 14.5 Å². The van der Waals surface area contributed by atoms with Gasteiger partial charge in [-0.3, -0.25) is 0 Å². The van der Waals surface area contributed by atoms with Crippen LogP contribution in [0.2, 0.25) is 5.02 Å². The minimum absolute atomic E-state index is 0. The SMILES string of the molecule is Cl.Clc1ccc2c(Cn3cncn3)nsc2c1. The predicted octanol–water partition coefficient (Wildman–Crippen LogP) is 3.01. The molecule has 0 saturated heterocycles. The van der Waals surface area contributed by atoms with Crippen molar-refractivity contribution in [3.63, 3.8) is 0 Å². The number of fused-ring (bicyclic) bond motifs is 1. The van der Waals surface area contributed by atoms with E-state index in [0.717, 1.165) is 20.8 Å². The van der Waals surface area contributed by atoms with Crippen molar-refractivity contribution in [2.45, 2.75) is 6.54 Å². The molecule has 4 nitrogen and oxygen atoms in total. The molecule has 7 heteroatoms. The predicted molar refractivity (Wildman–Crippen MR) is 71.0 cm³/mol. The zero-order valence-corrected chi connectivity index (χ0v) is 11.0. The molecule has 3 rings (SSSR count). The van der Waals surface area contributed by atoms with E-state index in [1.165, 1.54) is 17.9 Å². The first-order chi connectivity index (χ1) is 7.83. The van der Waals surface area contributed by atoms with E-state index >= 15 is 0 Å². The summed E-state index contributed by atoms with van der Waals surface area (Å²) >= 11 is 7.38. The molecule has 0 bridgehead atoms. The summed E-state index contributed by atoms with van der Waals surface area (Å²) in [4.78, 5) is 3.90. The third-order valence-electron chi connectivity index (χ3n) is 2.29. The molecule has 3 aromatic rings. The van der Waals surface area contributed by atoms with Gasteiger partial charge in [0, 0.05) is 10.4 Å². The third-order valence-corrected chi connectivity index (χ3v) is 3.37. The van der Waals surface area contributed by atoms with Gasteiger partial charge in [-0.15, -0.1) is 12.4 Å². The number of rotatable bonds is 2. The van der Waals surface area contributed by atoms with Gasteiger partial charge in [0.05, 0.1) is 16.9 Å². The highest BCUT2D eigenvalue weighted by Crippen LogP contribution is 2.26. The zero-order valence-electron chi connectivity index (χ0n) is 8.58. The Morgan fingerprint density at radius 1 is 1.35 bits per heavy atom. The van der Waals surface area contributed by atoms with Crippen LogP contribution in [0.5, 0.6) is 0 Å². The van der Waals surface area contributed by atoms with E-state index in [9.17, 15) is 0 Å². The highest BCUT2D eigenvalue weighted by molar-refractivity contribution is 7.13. The van der Waals surface area contributed by atoms with Crippen LogP contribution in [-0.4, -0.2) is 19.1 Å². The number of nitrogens with zero attached hydrogens (tertiary/aromatic N) is 4. The summed E-state index contributed by atoms with van der Waals surface area (Å²) in [6.07, 6.45) is 3.20. The zero-order chi connectivity index (χ0) is 11.0. The van der Waals surface area contributed by atoms with Crippen LogP contribution in [0.15, 0.2) is 30.9 Å². The van der Waals surface area contributed by atoms with Crippen molar-refractivity contribution in [2.75, 3.05) is 0 Å². The van der Waals surface area contributed by atoms with Crippen LogP contribution in [0.25, 0.3) is 10.1 Å². The molecule has 0 radical (unpaired) electrons. The first-order valence-electron chi connectivity index (χ1n) is 4.69. The molecule has 0 aliphatic rings. The molecule has 0 aliphatic heterocycles. The molecule has 0 aliphatic carbocycles. The highest BCUT2D eigenvalue weighted by atomic mass is 35.5. The van der Waals surface area contributed by atoms with Crippen molar-refractivity contribution >= 4 is 45.6 Å². The summed E-state index contributed by atoms with van der Waals surface area (Å²) in [5.74, 6) is 0. The van der Waals surface area contributed by atoms with Crippen molar-refractivity contribution in [3.05, 3.63) is 41.6 Å². The fourth-order valence-electron chi connectivity index (χ4n) is 1.55. The second-order valence-electron chi connectivity index (χ2n) is 3.36. The Kier molecular flexibility index (Phi) is 3.61. The first-order valence-corrected chi connectivity index (χ1v) is 5.84. The quantitative estimate of drug-likeness (QED) is 0.727. The number of hydrogen-bond acceptors (Lipinski definition) is 4. The lowest BCUT2D eigenvalue weighted by atomic mass is 10.2. The van der Waals surface area contributed by atoms with Crippen LogP contribution in [0.4, 0.5) is 0 Å². The third kappa shape index (κ3) is 2.41. The fourth-order valence-corrected chi connectivity index (χ4v) is 2.61. The van der Waals surface area contributed by atoms with Crippen LogP contribution < -0.4 is 0 Å². The molecule has 0 amide bonds. The topological polar surface area (TPSA) is 43.6 Å². The standard InChI is InChI=1S/C10H7ClN4S.ClH/c11-7-1-2-8-9(14-16-10(8)3-7)4-15-6-12-5-13-15;/h1-3,5-6H,4H2;1H. The molecule has 2 aromatic heterocycles. The maximum absolute atomic E-state index is 5.92. The Labute approximate surface area is 113 Å². The van der Waals surface area contributed by atoms with Gasteiger partial charge in [-0.25, -0.2) is 9.67 Å². The van der Waals surface area contributed by atoms with Gasteiger partial charge in [0.15, 0.2) is 0 Å². The minimum atomic E-state index is 0. The van der Waals surface area contributed by atoms with Gasteiger partial charge in [-0.2, -0.15) is 9.47 Å². The van der Waals surface area contributed by atoms with Crippen molar-refractivity contribution in [3.8, 4) is 0 Å². The summed E-state index contributed by atoms with van der Waals surface area (Å²) in [7, 11) is 0. The smallest absolute Gasteiger partial charge is 0.137 e. The van der Waals surface area contributed by atoms with Crippen LogP contribution in [0, 0.1) is 0 Å². The van der Waals surface area contributed by atoms with E-state index in [1.54, 1.807) is 11.0 Å². The van der Waals surface area contributed by atoms with E-state index in [1.807, 2.05) is 18.2 Å². The molecule has 0 atom stereocenters. The van der Waals surface area contributed by atoms with E-state index < -0.39 is 0 Å². The lowest BCUT2D eigenvalue weighted by molar-refractivity contribution is 0.679. The monoisotopic (exact) mass is 286 g/mol. The van der Waals surface area contributed by atoms with E-state index in [4.69, 9.17) is 11.6 Å². The molecule has 0 spiro atoms. The molecular formula is C10H8Cl2N4S. The van der Waals surface area contributed by atoms with Crippen molar-refractivity contribution in [1.29, 1.82) is 0 Å². The number of aromatic nitrogens is 4. The highest BCUT2D eigenvalue weighted by Gasteiger charge is 2.07.